The second-order valence-corrected chi connectivity index (χ2v) is 4.96. The molecule has 0 amide bonds. The highest BCUT2D eigenvalue weighted by Crippen LogP contribution is 2.21. The first-order chi connectivity index (χ1) is 10.7. The normalized spacial score (nSPS) is 11.1. The maximum absolute atomic E-state index is 13.1. The van der Waals surface area contributed by atoms with Gasteiger partial charge in [-0.3, -0.25) is 0 Å². The van der Waals surface area contributed by atoms with Crippen molar-refractivity contribution < 1.29 is 8.78 Å². The molecular formula is C18H15ClF2N2. The van der Waals surface area contributed by atoms with E-state index in [1.54, 1.807) is 36.8 Å². The number of halogens is 3. The zero-order valence-corrected chi connectivity index (χ0v) is 13.0. The summed E-state index contributed by atoms with van der Waals surface area (Å²) in [4.78, 5) is 4.03. The summed E-state index contributed by atoms with van der Waals surface area (Å²) in [6.45, 7) is 0.600. The van der Waals surface area contributed by atoms with E-state index < -0.39 is 0 Å². The van der Waals surface area contributed by atoms with Gasteiger partial charge in [0.2, 0.25) is 0 Å². The third-order valence-corrected chi connectivity index (χ3v) is 3.34. The smallest absolute Gasteiger partial charge is 0.123 e. The monoisotopic (exact) mass is 332 g/mol. The number of hydrogen-bond acceptors (Lipinski definition) is 1. The minimum Gasteiger partial charge on any atom is -0.333 e. The zero-order chi connectivity index (χ0) is 15.4. The van der Waals surface area contributed by atoms with Crippen molar-refractivity contribution in [3.05, 3.63) is 90.0 Å². The number of imidazole rings is 1. The molecule has 0 fully saturated rings. The average molecular weight is 333 g/mol. The van der Waals surface area contributed by atoms with E-state index in [0.29, 0.717) is 6.54 Å². The third-order valence-electron chi connectivity index (χ3n) is 3.34. The Bertz CT molecular complexity index is 764. The van der Waals surface area contributed by atoms with Crippen LogP contribution in [0.25, 0.3) is 11.6 Å². The lowest BCUT2D eigenvalue weighted by Gasteiger charge is -2.09. The molecule has 0 aliphatic carbocycles. The molecule has 0 aliphatic rings. The number of nitrogens with zero attached hydrogens (tertiary/aromatic N) is 2. The van der Waals surface area contributed by atoms with Gasteiger partial charge in [-0.2, -0.15) is 0 Å². The van der Waals surface area contributed by atoms with Crippen LogP contribution >= 0.6 is 12.4 Å². The van der Waals surface area contributed by atoms with Gasteiger partial charge in [0.05, 0.1) is 6.33 Å². The SMILES string of the molecule is Cl.Fc1ccc(/C=C(\Cn2ccnc2)c2ccc(F)cc2)cc1. The van der Waals surface area contributed by atoms with Gasteiger partial charge in [0.1, 0.15) is 11.6 Å². The van der Waals surface area contributed by atoms with E-state index in [1.807, 2.05) is 16.8 Å². The van der Waals surface area contributed by atoms with Crippen molar-refractivity contribution in [3.63, 3.8) is 0 Å². The minimum atomic E-state index is -0.271. The molecular weight excluding hydrogens is 318 g/mol. The summed E-state index contributed by atoms with van der Waals surface area (Å²) in [5.74, 6) is -0.539. The summed E-state index contributed by atoms with van der Waals surface area (Å²) in [7, 11) is 0. The maximum Gasteiger partial charge on any atom is 0.123 e. The Balaban J connectivity index is 0.00000192. The van der Waals surface area contributed by atoms with Crippen molar-refractivity contribution in [3.8, 4) is 0 Å². The van der Waals surface area contributed by atoms with Crippen molar-refractivity contribution in [2.75, 3.05) is 0 Å². The van der Waals surface area contributed by atoms with Crippen LogP contribution in [0, 0.1) is 11.6 Å². The van der Waals surface area contributed by atoms with Gasteiger partial charge in [0.15, 0.2) is 0 Å². The summed E-state index contributed by atoms with van der Waals surface area (Å²) >= 11 is 0. The molecule has 0 aliphatic heterocycles. The van der Waals surface area contributed by atoms with E-state index in [2.05, 4.69) is 4.98 Å². The molecule has 1 aromatic heterocycles. The highest BCUT2D eigenvalue weighted by Gasteiger charge is 2.04. The molecule has 0 N–H and O–H groups in total. The summed E-state index contributed by atoms with van der Waals surface area (Å²) in [6.07, 6.45) is 7.26. The highest BCUT2D eigenvalue weighted by molar-refractivity contribution is 5.85. The lowest BCUT2D eigenvalue weighted by Crippen LogP contribution is -1.98. The Kier molecular flexibility index (Phi) is 5.66. The fourth-order valence-electron chi connectivity index (χ4n) is 2.22. The minimum absolute atomic E-state index is 0. The van der Waals surface area contributed by atoms with E-state index in [1.165, 1.54) is 24.3 Å². The number of hydrogen-bond donors (Lipinski definition) is 0. The lowest BCUT2D eigenvalue weighted by molar-refractivity contribution is 0.627. The van der Waals surface area contributed by atoms with Crippen LogP contribution < -0.4 is 0 Å². The van der Waals surface area contributed by atoms with E-state index >= 15 is 0 Å². The van der Waals surface area contributed by atoms with E-state index in [0.717, 1.165) is 16.7 Å². The van der Waals surface area contributed by atoms with Gasteiger partial charge >= 0.3 is 0 Å². The van der Waals surface area contributed by atoms with E-state index in [9.17, 15) is 8.78 Å². The van der Waals surface area contributed by atoms with Gasteiger partial charge in [-0.25, -0.2) is 13.8 Å². The largest absolute Gasteiger partial charge is 0.333 e. The van der Waals surface area contributed by atoms with Gasteiger partial charge < -0.3 is 4.57 Å². The Morgan fingerprint density at radius 2 is 1.57 bits per heavy atom. The predicted octanol–water partition coefficient (Wildman–Crippen LogP) is 4.82. The Labute approximate surface area is 139 Å². The van der Waals surface area contributed by atoms with Crippen LogP contribution in [-0.2, 0) is 6.54 Å². The summed E-state index contributed by atoms with van der Waals surface area (Å²) in [5, 5.41) is 0. The summed E-state index contributed by atoms with van der Waals surface area (Å²) in [6, 6.07) is 12.6. The van der Waals surface area contributed by atoms with Crippen molar-refractivity contribution in [2.45, 2.75) is 6.54 Å². The molecule has 0 bridgehead atoms. The van der Waals surface area contributed by atoms with Crippen molar-refractivity contribution >= 4 is 24.1 Å². The zero-order valence-electron chi connectivity index (χ0n) is 12.2. The van der Waals surface area contributed by atoms with Gasteiger partial charge in [-0.15, -0.1) is 12.4 Å². The first-order valence-electron chi connectivity index (χ1n) is 6.88. The molecule has 2 nitrogen and oxygen atoms in total. The van der Waals surface area contributed by atoms with Crippen molar-refractivity contribution in [2.24, 2.45) is 0 Å². The number of allylic oxidation sites excluding steroid dienone is 1. The molecule has 0 radical (unpaired) electrons. The lowest BCUT2D eigenvalue weighted by atomic mass is 10.0. The maximum atomic E-state index is 13.1. The summed E-state index contributed by atoms with van der Waals surface area (Å²) < 4.78 is 28.1. The number of rotatable bonds is 4. The molecule has 0 atom stereocenters. The van der Waals surface area contributed by atoms with Crippen LogP contribution in [0.15, 0.2) is 67.3 Å². The van der Waals surface area contributed by atoms with Crippen LogP contribution in [0.3, 0.4) is 0 Å². The molecule has 0 saturated carbocycles. The van der Waals surface area contributed by atoms with Crippen LogP contribution in [0.5, 0.6) is 0 Å². The van der Waals surface area contributed by atoms with Gasteiger partial charge in [0, 0.05) is 18.9 Å². The van der Waals surface area contributed by atoms with Crippen molar-refractivity contribution in [1.29, 1.82) is 0 Å². The number of aromatic nitrogens is 2. The van der Waals surface area contributed by atoms with Crippen LogP contribution in [0.4, 0.5) is 8.78 Å². The topological polar surface area (TPSA) is 17.8 Å². The Hall–Kier alpha value is -2.46. The molecule has 2 aromatic carbocycles. The predicted molar refractivity (Wildman–Crippen MR) is 90.1 cm³/mol. The van der Waals surface area contributed by atoms with Crippen LogP contribution in [0.1, 0.15) is 11.1 Å². The molecule has 118 valence electrons. The number of benzene rings is 2. The second kappa shape index (κ2) is 7.70. The van der Waals surface area contributed by atoms with Gasteiger partial charge in [-0.05, 0) is 47.0 Å². The van der Waals surface area contributed by atoms with E-state index in [4.69, 9.17) is 0 Å². The molecule has 23 heavy (non-hydrogen) atoms. The van der Waals surface area contributed by atoms with Crippen LogP contribution in [0.2, 0.25) is 0 Å². The standard InChI is InChI=1S/C18H14F2N2.ClH/c19-17-5-1-14(2-6-17)11-16(12-22-10-9-21-13-22)15-3-7-18(20)8-4-15;/h1-11,13H,12H2;1H/b16-11+;. The quantitative estimate of drug-likeness (QED) is 0.626. The molecule has 5 heteroatoms. The molecule has 1 heterocycles. The Morgan fingerprint density at radius 3 is 2.13 bits per heavy atom. The Morgan fingerprint density at radius 1 is 0.957 bits per heavy atom. The highest BCUT2D eigenvalue weighted by atomic mass is 35.5. The average Bonchev–Trinajstić information content (AvgIpc) is 3.03. The molecule has 3 rings (SSSR count). The molecule has 3 aromatic rings. The summed E-state index contributed by atoms with van der Waals surface area (Å²) in [5.41, 5.74) is 2.80. The first kappa shape index (κ1) is 16.9. The molecule has 0 unspecified atom stereocenters. The molecule has 0 spiro atoms. The van der Waals surface area contributed by atoms with Gasteiger partial charge in [-0.1, -0.05) is 24.3 Å². The fourth-order valence-corrected chi connectivity index (χ4v) is 2.22. The third kappa shape index (κ3) is 4.50. The van der Waals surface area contributed by atoms with Crippen LogP contribution in [-0.4, -0.2) is 9.55 Å². The van der Waals surface area contributed by atoms with Crippen molar-refractivity contribution in [1.82, 2.24) is 9.55 Å². The first-order valence-corrected chi connectivity index (χ1v) is 6.88. The fraction of sp³-hybridized carbons (Fsp3) is 0.0556. The molecule has 0 saturated heterocycles. The van der Waals surface area contributed by atoms with E-state index in [-0.39, 0.29) is 24.0 Å². The van der Waals surface area contributed by atoms with Gasteiger partial charge in [0.25, 0.3) is 0 Å². The second-order valence-electron chi connectivity index (χ2n) is 4.96.